The molecule has 12 heavy (non-hydrogen) atoms. The molecule has 0 fully saturated rings. The lowest BCUT2D eigenvalue weighted by Crippen LogP contribution is -2.17. The minimum Gasteiger partial charge on any atom is -0.314 e. The van der Waals surface area contributed by atoms with Crippen molar-refractivity contribution in [2.75, 3.05) is 5.75 Å². The lowest BCUT2D eigenvalue weighted by atomic mass is 10.4. The topological polar surface area (TPSA) is 54.4 Å². The van der Waals surface area contributed by atoms with Crippen molar-refractivity contribution in [2.45, 2.75) is 32.0 Å². The minimum atomic E-state index is -3.85. The van der Waals surface area contributed by atoms with E-state index in [2.05, 4.69) is 0 Å². The monoisotopic (exact) mass is 214 g/mol. The largest absolute Gasteiger partial charge is 0.314 e. The summed E-state index contributed by atoms with van der Waals surface area (Å²) < 4.78 is 41.7. The average Bonchev–Trinajstić information content (AvgIpc) is 1.76. The van der Waals surface area contributed by atoms with Crippen LogP contribution in [0.4, 0.5) is 4.11 Å². The summed E-state index contributed by atoms with van der Waals surface area (Å²) in [6, 6.07) is 0.461. The Morgan fingerprint density at radius 3 is 2.17 bits per heavy atom. The Balaban J connectivity index is 3.48. The fourth-order valence-electron chi connectivity index (χ4n) is 0.830. The van der Waals surface area contributed by atoms with Crippen molar-refractivity contribution in [3.63, 3.8) is 0 Å². The van der Waals surface area contributed by atoms with Crippen LogP contribution in [-0.2, 0) is 10.1 Å². The van der Waals surface area contributed by atoms with Gasteiger partial charge in [0.15, 0.2) is 0 Å². The molecule has 0 saturated carbocycles. The third kappa shape index (κ3) is 10.1. The molecule has 0 aliphatic carbocycles. The second kappa shape index (κ2) is 4.34. The smallest absolute Gasteiger partial charge is 0.264 e. The van der Waals surface area contributed by atoms with Crippen molar-refractivity contribution in [1.29, 1.82) is 0 Å². The molecule has 6 heteroatoms. The number of unbranched alkanes of at least 4 members (excludes halogenated alkanes) is 1. The Hall–Kier alpha value is 0.0569. The zero-order valence-electron chi connectivity index (χ0n) is 7.38. The van der Waals surface area contributed by atoms with Crippen LogP contribution in [0.2, 0.25) is 19.1 Å². The van der Waals surface area contributed by atoms with E-state index < -0.39 is 18.5 Å². The van der Waals surface area contributed by atoms with Gasteiger partial charge in [0.2, 0.25) is 8.41 Å². The van der Waals surface area contributed by atoms with Crippen LogP contribution in [-0.4, -0.2) is 27.1 Å². The van der Waals surface area contributed by atoms with Crippen molar-refractivity contribution >= 4 is 18.5 Å². The molecule has 0 bridgehead atoms. The van der Waals surface area contributed by atoms with Crippen LogP contribution in [0.25, 0.3) is 0 Å². The van der Waals surface area contributed by atoms with Crippen LogP contribution in [0.5, 0.6) is 0 Å². The third-order valence-electron chi connectivity index (χ3n) is 1.42. The van der Waals surface area contributed by atoms with Gasteiger partial charge in [-0.2, -0.15) is 8.42 Å². The molecule has 0 aromatic rings. The Morgan fingerprint density at radius 2 is 1.83 bits per heavy atom. The van der Waals surface area contributed by atoms with Crippen LogP contribution in [0, 0.1) is 0 Å². The number of hydrogen-bond donors (Lipinski definition) is 1. The Labute approximate surface area is 73.9 Å². The van der Waals surface area contributed by atoms with Gasteiger partial charge in [0, 0.05) is 0 Å². The van der Waals surface area contributed by atoms with Crippen molar-refractivity contribution < 1.29 is 17.1 Å². The first kappa shape index (κ1) is 12.1. The van der Waals surface area contributed by atoms with E-state index in [1.54, 1.807) is 13.1 Å². The van der Waals surface area contributed by atoms with Crippen molar-refractivity contribution in [2.24, 2.45) is 0 Å². The average molecular weight is 214 g/mol. The van der Waals surface area contributed by atoms with E-state index in [1.807, 2.05) is 0 Å². The molecule has 0 aliphatic heterocycles. The first-order chi connectivity index (χ1) is 5.21. The molecule has 0 aliphatic rings. The van der Waals surface area contributed by atoms with Gasteiger partial charge < -0.3 is 4.11 Å². The highest BCUT2D eigenvalue weighted by atomic mass is 32.2. The highest BCUT2D eigenvalue weighted by Gasteiger charge is 2.19. The molecule has 0 spiro atoms. The van der Waals surface area contributed by atoms with Gasteiger partial charge in [0.1, 0.15) is 0 Å². The zero-order chi connectivity index (χ0) is 9.83. The van der Waals surface area contributed by atoms with Crippen molar-refractivity contribution in [3.05, 3.63) is 0 Å². The fraction of sp³-hybridized carbons (Fsp3) is 1.00. The van der Waals surface area contributed by atoms with Crippen LogP contribution in [0.15, 0.2) is 0 Å². The number of halogens is 1. The van der Waals surface area contributed by atoms with Crippen LogP contribution in [0.1, 0.15) is 12.8 Å². The summed E-state index contributed by atoms with van der Waals surface area (Å²) in [6.07, 6.45) is 0.884. The minimum absolute atomic E-state index is 0.252. The Morgan fingerprint density at radius 1 is 1.33 bits per heavy atom. The molecule has 0 aromatic carbocycles. The SMILES string of the molecule is C[Si](C)(F)CCCCS(=O)(=O)O. The Kier molecular flexibility index (Phi) is 4.36. The normalized spacial score (nSPS) is 13.3. The van der Waals surface area contributed by atoms with Crippen molar-refractivity contribution in [3.8, 4) is 0 Å². The Bertz CT molecular complexity index is 219. The molecular weight excluding hydrogens is 199 g/mol. The predicted molar refractivity (Wildman–Crippen MR) is 49.0 cm³/mol. The quantitative estimate of drug-likeness (QED) is 0.329. The summed E-state index contributed by atoms with van der Waals surface area (Å²) in [5.74, 6) is -0.252. The lowest BCUT2D eigenvalue weighted by Gasteiger charge is -2.09. The summed E-state index contributed by atoms with van der Waals surface area (Å²) in [6.45, 7) is 3.17. The first-order valence-electron chi connectivity index (χ1n) is 3.85. The third-order valence-corrected chi connectivity index (χ3v) is 3.77. The van der Waals surface area contributed by atoms with Gasteiger partial charge in [-0.25, -0.2) is 0 Å². The van der Waals surface area contributed by atoms with E-state index in [-0.39, 0.29) is 5.75 Å². The van der Waals surface area contributed by atoms with E-state index >= 15 is 0 Å². The molecule has 0 aromatic heterocycles. The van der Waals surface area contributed by atoms with Gasteiger partial charge in [-0.05, 0) is 25.6 Å². The highest BCUT2D eigenvalue weighted by molar-refractivity contribution is 7.85. The van der Waals surface area contributed by atoms with Gasteiger partial charge >= 0.3 is 0 Å². The molecule has 0 atom stereocenters. The molecule has 0 saturated heterocycles. The summed E-state index contributed by atoms with van der Waals surface area (Å²) in [7, 11) is -6.38. The van der Waals surface area contributed by atoms with Crippen LogP contribution >= 0.6 is 0 Å². The maximum atomic E-state index is 12.9. The second-order valence-electron chi connectivity index (χ2n) is 3.46. The molecule has 0 rings (SSSR count). The van der Waals surface area contributed by atoms with E-state index in [0.29, 0.717) is 18.9 Å². The molecule has 3 nitrogen and oxygen atoms in total. The van der Waals surface area contributed by atoms with E-state index in [1.165, 1.54) is 0 Å². The maximum Gasteiger partial charge on any atom is 0.264 e. The first-order valence-corrected chi connectivity index (χ1v) is 8.54. The van der Waals surface area contributed by atoms with Crippen LogP contribution in [0.3, 0.4) is 0 Å². The van der Waals surface area contributed by atoms with Gasteiger partial charge in [0.05, 0.1) is 5.75 Å². The van der Waals surface area contributed by atoms with Crippen LogP contribution < -0.4 is 0 Å². The summed E-state index contributed by atoms with van der Waals surface area (Å²) in [5.41, 5.74) is 0. The van der Waals surface area contributed by atoms with Gasteiger partial charge in [0.25, 0.3) is 10.1 Å². The zero-order valence-corrected chi connectivity index (χ0v) is 9.19. The molecular formula is C6H15FO3SSi. The van der Waals surface area contributed by atoms with Gasteiger partial charge in [-0.15, -0.1) is 0 Å². The predicted octanol–water partition coefficient (Wildman–Crippen LogP) is 1.83. The second-order valence-corrected chi connectivity index (χ2v) is 8.97. The molecule has 0 amide bonds. The molecule has 0 radical (unpaired) electrons. The fourth-order valence-corrected chi connectivity index (χ4v) is 2.49. The number of rotatable bonds is 5. The van der Waals surface area contributed by atoms with E-state index in [4.69, 9.17) is 4.55 Å². The van der Waals surface area contributed by atoms with Gasteiger partial charge in [-0.3, -0.25) is 4.55 Å². The van der Waals surface area contributed by atoms with E-state index in [9.17, 15) is 12.5 Å². The van der Waals surface area contributed by atoms with Gasteiger partial charge in [-0.1, -0.05) is 6.42 Å². The molecule has 0 unspecified atom stereocenters. The molecule has 0 heterocycles. The summed E-state index contributed by atoms with van der Waals surface area (Å²) in [4.78, 5) is 0. The number of hydrogen-bond acceptors (Lipinski definition) is 2. The molecule has 1 N–H and O–H groups in total. The summed E-state index contributed by atoms with van der Waals surface area (Å²) >= 11 is 0. The molecule has 74 valence electrons. The standard InChI is InChI=1S/C6H15FO3SSi/c1-12(2,7)6-4-3-5-11(8,9)10/h3-6H2,1-2H3,(H,8,9,10). The highest BCUT2D eigenvalue weighted by Crippen LogP contribution is 2.14. The lowest BCUT2D eigenvalue weighted by molar-refractivity contribution is 0.480. The maximum absolute atomic E-state index is 12.9. The van der Waals surface area contributed by atoms with E-state index in [0.717, 1.165) is 0 Å². The van der Waals surface area contributed by atoms with Crippen molar-refractivity contribution in [1.82, 2.24) is 0 Å². The summed E-state index contributed by atoms with van der Waals surface area (Å²) in [5, 5.41) is 0.